The van der Waals surface area contributed by atoms with Crippen LogP contribution < -0.4 is 19.7 Å². The van der Waals surface area contributed by atoms with Crippen LogP contribution in [0.3, 0.4) is 0 Å². The lowest BCUT2D eigenvalue weighted by molar-refractivity contribution is -0.118. The first-order valence-corrected chi connectivity index (χ1v) is 11.4. The summed E-state index contributed by atoms with van der Waals surface area (Å²) in [5, 5.41) is 3.22. The Bertz CT molecular complexity index is 1220. The van der Waals surface area contributed by atoms with Crippen molar-refractivity contribution in [3.05, 3.63) is 83.9 Å². The number of benzene rings is 2. The van der Waals surface area contributed by atoms with E-state index in [0.29, 0.717) is 34.7 Å². The summed E-state index contributed by atoms with van der Waals surface area (Å²) in [5.74, 6) is 1.43. The first kappa shape index (κ1) is 23.2. The van der Waals surface area contributed by atoms with Gasteiger partial charge in [0.2, 0.25) is 5.91 Å². The molecule has 9 heteroatoms. The van der Waals surface area contributed by atoms with Crippen LogP contribution in [0.1, 0.15) is 11.3 Å². The van der Waals surface area contributed by atoms with E-state index in [4.69, 9.17) is 13.9 Å². The van der Waals surface area contributed by atoms with Crippen molar-refractivity contribution in [2.24, 2.45) is 4.99 Å². The van der Waals surface area contributed by atoms with Crippen LogP contribution in [-0.2, 0) is 16.1 Å². The number of amidine groups is 1. The number of furan rings is 1. The lowest BCUT2D eigenvalue weighted by Crippen LogP contribution is -2.32. The van der Waals surface area contributed by atoms with Crippen molar-refractivity contribution in [1.29, 1.82) is 0 Å². The summed E-state index contributed by atoms with van der Waals surface area (Å²) in [7, 11) is 3.11. The number of thioether (sulfide) groups is 1. The zero-order valence-corrected chi connectivity index (χ0v) is 19.5. The minimum atomic E-state index is -0.278. The predicted molar refractivity (Wildman–Crippen MR) is 132 cm³/mol. The monoisotopic (exact) mass is 477 g/mol. The van der Waals surface area contributed by atoms with Gasteiger partial charge in [0.25, 0.3) is 5.91 Å². The maximum Gasteiger partial charge on any atom is 0.283 e. The van der Waals surface area contributed by atoms with Crippen LogP contribution in [0.5, 0.6) is 11.5 Å². The number of carbonyl (C=O) groups excluding carboxylic acids is 2. The Morgan fingerprint density at radius 2 is 1.88 bits per heavy atom. The summed E-state index contributed by atoms with van der Waals surface area (Å²) >= 11 is 1.19. The first-order chi connectivity index (χ1) is 16.6. The molecule has 0 aliphatic carbocycles. The lowest BCUT2D eigenvalue weighted by Gasteiger charge is -2.17. The normalized spacial score (nSPS) is 14.3. The smallest absolute Gasteiger partial charge is 0.283 e. The number of para-hydroxylation sites is 1. The third-order valence-electron chi connectivity index (χ3n) is 4.93. The molecule has 3 aromatic rings. The van der Waals surface area contributed by atoms with Crippen LogP contribution in [0.4, 0.5) is 5.69 Å². The molecule has 2 amide bonds. The zero-order valence-electron chi connectivity index (χ0n) is 18.7. The van der Waals surface area contributed by atoms with E-state index in [0.717, 1.165) is 5.56 Å². The molecule has 34 heavy (non-hydrogen) atoms. The average Bonchev–Trinajstić information content (AvgIpc) is 3.50. The number of aliphatic imine (C=N–C) groups is 1. The second kappa shape index (κ2) is 10.8. The number of rotatable bonds is 8. The zero-order chi connectivity index (χ0) is 23.9. The van der Waals surface area contributed by atoms with E-state index in [1.165, 1.54) is 16.7 Å². The molecule has 0 unspecified atom stereocenters. The molecular weight excluding hydrogens is 454 g/mol. The number of nitrogens with zero attached hydrogens (tertiary/aromatic N) is 2. The van der Waals surface area contributed by atoms with Crippen molar-refractivity contribution >= 4 is 40.5 Å². The van der Waals surface area contributed by atoms with E-state index in [-0.39, 0.29) is 23.3 Å². The summed E-state index contributed by atoms with van der Waals surface area (Å²) in [6, 6.07) is 18.1. The Kier molecular flexibility index (Phi) is 7.34. The Hall–Kier alpha value is -3.98. The number of hydrogen-bond acceptors (Lipinski definition) is 7. The molecule has 0 spiro atoms. The predicted octanol–water partition coefficient (Wildman–Crippen LogP) is 4.09. The fraction of sp³-hybridized carbons (Fsp3) is 0.160. The van der Waals surface area contributed by atoms with Gasteiger partial charge >= 0.3 is 0 Å². The number of amides is 2. The second-order valence-electron chi connectivity index (χ2n) is 7.16. The molecule has 2 aromatic carbocycles. The van der Waals surface area contributed by atoms with E-state index in [1.54, 1.807) is 50.8 Å². The van der Waals surface area contributed by atoms with Crippen LogP contribution in [0.25, 0.3) is 6.08 Å². The third kappa shape index (κ3) is 5.32. The minimum absolute atomic E-state index is 0.0970. The van der Waals surface area contributed by atoms with Crippen LogP contribution in [-0.4, -0.2) is 37.0 Å². The molecule has 4 rings (SSSR count). The fourth-order valence-corrected chi connectivity index (χ4v) is 4.12. The maximum absolute atomic E-state index is 13.3. The first-order valence-electron chi connectivity index (χ1n) is 10.4. The molecule has 2 heterocycles. The molecular formula is C25H23N3O5S. The molecule has 8 nitrogen and oxygen atoms in total. The SMILES string of the molecule is COc1ccc(C=C2N=C(SCC(=O)NCc3ccco3)N(c3ccccc3)C2=O)cc1OC. The van der Waals surface area contributed by atoms with Crippen LogP contribution >= 0.6 is 11.8 Å². The molecule has 1 aromatic heterocycles. The van der Waals surface area contributed by atoms with Gasteiger partial charge < -0.3 is 19.2 Å². The van der Waals surface area contributed by atoms with Crippen LogP contribution in [0, 0.1) is 0 Å². The fourth-order valence-electron chi connectivity index (χ4n) is 3.28. The molecule has 0 bridgehead atoms. The average molecular weight is 478 g/mol. The van der Waals surface area contributed by atoms with Crippen molar-refractivity contribution in [3.63, 3.8) is 0 Å². The van der Waals surface area contributed by atoms with E-state index in [2.05, 4.69) is 10.3 Å². The van der Waals surface area contributed by atoms with Gasteiger partial charge in [0.15, 0.2) is 16.7 Å². The molecule has 1 aliphatic rings. The highest BCUT2D eigenvalue weighted by atomic mass is 32.2. The number of carbonyl (C=O) groups is 2. The lowest BCUT2D eigenvalue weighted by atomic mass is 10.1. The summed E-state index contributed by atoms with van der Waals surface area (Å²) in [5.41, 5.74) is 1.67. The molecule has 0 saturated heterocycles. The van der Waals surface area contributed by atoms with Gasteiger partial charge in [-0.3, -0.25) is 14.5 Å². The van der Waals surface area contributed by atoms with Gasteiger partial charge in [0, 0.05) is 0 Å². The molecule has 0 atom stereocenters. The summed E-state index contributed by atoms with van der Waals surface area (Å²) in [6.07, 6.45) is 3.24. The third-order valence-corrected chi connectivity index (χ3v) is 5.87. The summed E-state index contributed by atoms with van der Waals surface area (Å²) < 4.78 is 15.9. The van der Waals surface area contributed by atoms with Crippen molar-refractivity contribution in [2.45, 2.75) is 6.54 Å². The van der Waals surface area contributed by atoms with Gasteiger partial charge in [-0.15, -0.1) is 0 Å². The second-order valence-corrected chi connectivity index (χ2v) is 8.10. The highest BCUT2D eigenvalue weighted by molar-refractivity contribution is 8.14. The Labute approximate surface area is 201 Å². The quantitative estimate of drug-likeness (QED) is 0.491. The Morgan fingerprint density at radius 3 is 2.59 bits per heavy atom. The standard InChI is InChI=1S/C25H23N3O5S/c1-31-21-11-10-17(14-22(21)32-2)13-20-24(30)28(18-7-4-3-5-8-18)25(27-20)34-16-23(29)26-15-19-9-6-12-33-19/h3-14H,15-16H2,1-2H3,(H,26,29). The van der Waals surface area contributed by atoms with Gasteiger partial charge in [-0.25, -0.2) is 4.99 Å². The number of nitrogens with one attached hydrogen (secondary N) is 1. The maximum atomic E-state index is 13.3. The number of methoxy groups -OCH3 is 2. The molecule has 0 saturated carbocycles. The van der Waals surface area contributed by atoms with Gasteiger partial charge in [-0.1, -0.05) is 36.0 Å². The van der Waals surface area contributed by atoms with Crippen molar-refractivity contribution < 1.29 is 23.5 Å². The highest BCUT2D eigenvalue weighted by Crippen LogP contribution is 2.32. The summed E-state index contributed by atoms with van der Waals surface area (Å²) in [6.45, 7) is 0.296. The van der Waals surface area contributed by atoms with E-state index >= 15 is 0 Å². The molecule has 1 aliphatic heterocycles. The number of ether oxygens (including phenoxy) is 2. The summed E-state index contributed by atoms with van der Waals surface area (Å²) in [4.78, 5) is 31.7. The Morgan fingerprint density at radius 1 is 1.09 bits per heavy atom. The van der Waals surface area contributed by atoms with Crippen molar-refractivity contribution in [3.8, 4) is 11.5 Å². The molecule has 0 radical (unpaired) electrons. The van der Waals surface area contributed by atoms with Crippen molar-refractivity contribution in [2.75, 3.05) is 24.9 Å². The number of hydrogen-bond donors (Lipinski definition) is 1. The largest absolute Gasteiger partial charge is 0.493 e. The minimum Gasteiger partial charge on any atom is -0.493 e. The van der Waals surface area contributed by atoms with Gasteiger partial charge in [-0.05, 0) is 48.0 Å². The van der Waals surface area contributed by atoms with E-state index in [1.807, 2.05) is 36.4 Å². The molecule has 1 N–H and O–H groups in total. The van der Waals surface area contributed by atoms with E-state index in [9.17, 15) is 9.59 Å². The van der Waals surface area contributed by atoms with E-state index < -0.39 is 0 Å². The number of anilines is 1. The van der Waals surface area contributed by atoms with Gasteiger partial charge in [0.05, 0.1) is 38.5 Å². The molecule has 174 valence electrons. The molecule has 0 fully saturated rings. The topological polar surface area (TPSA) is 93.4 Å². The van der Waals surface area contributed by atoms with Gasteiger partial charge in [-0.2, -0.15) is 0 Å². The van der Waals surface area contributed by atoms with Gasteiger partial charge in [0.1, 0.15) is 11.5 Å². The van der Waals surface area contributed by atoms with Crippen molar-refractivity contribution in [1.82, 2.24) is 5.32 Å². The highest BCUT2D eigenvalue weighted by Gasteiger charge is 2.32. The van der Waals surface area contributed by atoms with Crippen LogP contribution in [0.15, 0.2) is 82.0 Å². The van der Waals surface area contributed by atoms with Crippen LogP contribution in [0.2, 0.25) is 0 Å². The Balaban J connectivity index is 1.55.